The Balaban J connectivity index is 1.57. The van der Waals surface area contributed by atoms with Gasteiger partial charge in [0.1, 0.15) is 5.69 Å². The van der Waals surface area contributed by atoms with Crippen LogP contribution in [0.3, 0.4) is 0 Å². The Morgan fingerprint density at radius 2 is 1.79 bits per heavy atom. The number of amides is 1. The van der Waals surface area contributed by atoms with Crippen molar-refractivity contribution in [3.05, 3.63) is 48.3 Å². The van der Waals surface area contributed by atoms with E-state index in [9.17, 15) is 4.79 Å². The van der Waals surface area contributed by atoms with Gasteiger partial charge in [0.15, 0.2) is 0 Å². The fourth-order valence-electron chi connectivity index (χ4n) is 3.29. The number of piperazine rings is 1. The van der Waals surface area contributed by atoms with Gasteiger partial charge in [0, 0.05) is 56.0 Å². The van der Waals surface area contributed by atoms with Crippen LogP contribution in [0.15, 0.2) is 42.6 Å². The van der Waals surface area contributed by atoms with E-state index >= 15 is 0 Å². The van der Waals surface area contributed by atoms with Crippen molar-refractivity contribution in [2.75, 3.05) is 50.0 Å². The number of likely N-dealkylation sites (N-methyl/N-ethyl adjacent to an activating group) is 1. The fourth-order valence-corrected chi connectivity index (χ4v) is 3.29. The van der Waals surface area contributed by atoms with Gasteiger partial charge in [0.25, 0.3) is 5.91 Å². The molecule has 2 aromatic rings. The Morgan fingerprint density at radius 3 is 2.50 bits per heavy atom. The smallest absolute Gasteiger partial charge is 0.269 e. The maximum Gasteiger partial charge on any atom is 0.269 e. The highest BCUT2D eigenvalue weighted by Crippen LogP contribution is 2.22. The van der Waals surface area contributed by atoms with Crippen LogP contribution in [-0.4, -0.2) is 55.6 Å². The number of pyridine rings is 1. The molecule has 28 heavy (non-hydrogen) atoms. The lowest BCUT2D eigenvalue weighted by Crippen LogP contribution is -2.44. The number of carbonyl (C=O) groups is 1. The molecule has 1 aromatic carbocycles. The summed E-state index contributed by atoms with van der Waals surface area (Å²) in [6.45, 7) is 7.16. The van der Waals surface area contributed by atoms with Crippen molar-refractivity contribution in [3.8, 4) is 0 Å². The van der Waals surface area contributed by atoms with E-state index in [-0.39, 0.29) is 5.91 Å². The first-order valence-electron chi connectivity index (χ1n) is 10.2. The molecule has 150 valence electrons. The third-order valence-electron chi connectivity index (χ3n) is 5.08. The van der Waals surface area contributed by atoms with Crippen molar-refractivity contribution < 1.29 is 4.79 Å². The summed E-state index contributed by atoms with van der Waals surface area (Å²) in [5.41, 5.74) is 3.55. The van der Waals surface area contributed by atoms with Crippen LogP contribution >= 0.6 is 0 Å². The molecule has 0 radical (unpaired) electrons. The molecule has 2 N–H and O–H groups in total. The molecule has 1 fully saturated rings. The van der Waals surface area contributed by atoms with Crippen LogP contribution in [-0.2, 0) is 0 Å². The summed E-state index contributed by atoms with van der Waals surface area (Å²) < 4.78 is 0. The van der Waals surface area contributed by atoms with E-state index in [1.807, 2.05) is 6.07 Å². The maximum absolute atomic E-state index is 12.2. The second kappa shape index (κ2) is 10.1. The molecule has 0 bridgehead atoms. The SMILES string of the molecule is CCCCCNC(=O)c1cc(Nc2ccc(N3CCN(C)CC3)cc2)ccn1. The molecule has 0 atom stereocenters. The average Bonchev–Trinajstić information content (AvgIpc) is 2.72. The molecule has 0 aliphatic carbocycles. The van der Waals surface area contributed by atoms with E-state index in [0.29, 0.717) is 12.2 Å². The summed E-state index contributed by atoms with van der Waals surface area (Å²) in [5, 5.41) is 6.30. The third-order valence-corrected chi connectivity index (χ3v) is 5.08. The standard InChI is InChI=1S/C22H31N5O/c1-3-4-5-11-24-22(28)21-17-19(10-12-23-21)25-18-6-8-20(9-7-18)27-15-13-26(2)14-16-27/h6-10,12,17H,3-5,11,13-16H2,1-2H3,(H,23,25)(H,24,28). The molecule has 0 unspecified atom stereocenters. The minimum atomic E-state index is -0.120. The Kier molecular flexibility index (Phi) is 7.25. The molecule has 3 rings (SSSR count). The zero-order chi connectivity index (χ0) is 19.8. The molecule has 1 aliphatic heterocycles. The lowest BCUT2D eigenvalue weighted by molar-refractivity contribution is 0.0948. The molecule has 0 saturated carbocycles. The number of rotatable bonds is 8. The van der Waals surface area contributed by atoms with Gasteiger partial charge >= 0.3 is 0 Å². The van der Waals surface area contributed by atoms with Crippen LogP contribution in [0.4, 0.5) is 17.1 Å². The molecule has 2 heterocycles. The minimum absolute atomic E-state index is 0.120. The van der Waals surface area contributed by atoms with Crippen LogP contribution in [0.25, 0.3) is 0 Å². The maximum atomic E-state index is 12.2. The van der Waals surface area contributed by atoms with Crippen LogP contribution < -0.4 is 15.5 Å². The predicted octanol–water partition coefficient (Wildman–Crippen LogP) is 3.50. The second-order valence-electron chi connectivity index (χ2n) is 7.35. The molecule has 6 heteroatoms. The van der Waals surface area contributed by atoms with Crippen molar-refractivity contribution in [1.29, 1.82) is 0 Å². The first-order chi connectivity index (χ1) is 13.7. The molecule has 1 aliphatic rings. The van der Waals surface area contributed by atoms with E-state index in [0.717, 1.165) is 56.8 Å². The molecule has 1 amide bonds. The molecule has 1 saturated heterocycles. The lowest BCUT2D eigenvalue weighted by Gasteiger charge is -2.34. The number of hydrogen-bond donors (Lipinski definition) is 2. The van der Waals surface area contributed by atoms with Crippen molar-refractivity contribution in [2.24, 2.45) is 0 Å². The summed E-state index contributed by atoms with van der Waals surface area (Å²) in [4.78, 5) is 21.2. The van der Waals surface area contributed by atoms with Gasteiger partial charge in [-0.2, -0.15) is 0 Å². The number of hydrogen-bond acceptors (Lipinski definition) is 5. The topological polar surface area (TPSA) is 60.5 Å². The Morgan fingerprint density at radius 1 is 1.04 bits per heavy atom. The van der Waals surface area contributed by atoms with Gasteiger partial charge in [-0.15, -0.1) is 0 Å². The number of nitrogens with one attached hydrogen (secondary N) is 2. The highest BCUT2D eigenvalue weighted by atomic mass is 16.1. The zero-order valence-electron chi connectivity index (χ0n) is 16.9. The van der Waals surface area contributed by atoms with Gasteiger partial charge in [-0.25, -0.2) is 0 Å². The number of unbranched alkanes of at least 4 members (excludes halogenated alkanes) is 2. The van der Waals surface area contributed by atoms with Gasteiger partial charge in [0.05, 0.1) is 0 Å². The van der Waals surface area contributed by atoms with E-state index in [4.69, 9.17) is 0 Å². The summed E-state index contributed by atoms with van der Waals surface area (Å²) in [6, 6.07) is 12.1. The van der Waals surface area contributed by atoms with Crippen molar-refractivity contribution in [1.82, 2.24) is 15.2 Å². The van der Waals surface area contributed by atoms with Gasteiger partial charge in [-0.05, 0) is 49.9 Å². The average molecular weight is 382 g/mol. The van der Waals surface area contributed by atoms with E-state index in [1.54, 1.807) is 12.3 Å². The van der Waals surface area contributed by atoms with E-state index in [2.05, 4.69) is 63.7 Å². The summed E-state index contributed by atoms with van der Waals surface area (Å²) in [6.07, 6.45) is 4.93. The largest absolute Gasteiger partial charge is 0.369 e. The van der Waals surface area contributed by atoms with Crippen molar-refractivity contribution in [2.45, 2.75) is 26.2 Å². The van der Waals surface area contributed by atoms with Gasteiger partial charge in [-0.1, -0.05) is 19.8 Å². The van der Waals surface area contributed by atoms with Crippen molar-refractivity contribution >= 4 is 23.0 Å². The predicted molar refractivity (Wildman–Crippen MR) is 116 cm³/mol. The zero-order valence-corrected chi connectivity index (χ0v) is 16.9. The van der Waals surface area contributed by atoms with Gasteiger partial charge in [-0.3, -0.25) is 9.78 Å². The van der Waals surface area contributed by atoms with Gasteiger partial charge < -0.3 is 20.4 Å². The lowest BCUT2D eigenvalue weighted by atomic mass is 10.2. The van der Waals surface area contributed by atoms with Crippen LogP contribution in [0.1, 0.15) is 36.7 Å². The number of anilines is 3. The fraction of sp³-hybridized carbons (Fsp3) is 0.455. The molecule has 6 nitrogen and oxygen atoms in total. The summed E-state index contributed by atoms with van der Waals surface area (Å²) in [7, 11) is 2.17. The molecule has 0 spiro atoms. The third kappa shape index (κ3) is 5.70. The van der Waals surface area contributed by atoms with Crippen molar-refractivity contribution in [3.63, 3.8) is 0 Å². The van der Waals surface area contributed by atoms with E-state index in [1.165, 1.54) is 5.69 Å². The monoisotopic (exact) mass is 381 g/mol. The highest BCUT2D eigenvalue weighted by molar-refractivity contribution is 5.93. The van der Waals surface area contributed by atoms with Crippen LogP contribution in [0.5, 0.6) is 0 Å². The number of nitrogens with zero attached hydrogens (tertiary/aromatic N) is 3. The normalized spacial score (nSPS) is 14.7. The number of benzene rings is 1. The number of aromatic nitrogens is 1. The number of carbonyl (C=O) groups excluding carboxylic acids is 1. The summed E-state index contributed by atoms with van der Waals surface area (Å²) in [5.74, 6) is -0.120. The van der Waals surface area contributed by atoms with E-state index < -0.39 is 0 Å². The molecular formula is C22H31N5O. The van der Waals surface area contributed by atoms with Crippen LogP contribution in [0.2, 0.25) is 0 Å². The Labute approximate surface area is 167 Å². The first kappa shape index (κ1) is 20.1. The Hall–Kier alpha value is -2.60. The highest BCUT2D eigenvalue weighted by Gasteiger charge is 2.14. The Bertz CT molecular complexity index is 754. The summed E-state index contributed by atoms with van der Waals surface area (Å²) >= 11 is 0. The molecule has 1 aromatic heterocycles. The minimum Gasteiger partial charge on any atom is -0.369 e. The molecular weight excluding hydrogens is 350 g/mol. The van der Waals surface area contributed by atoms with Crippen LogP contribution in [0, 0.1) is 0 Å². The van der Waals surface area contributed by atoms with Gasteiger partial charge in [0.2, 0.25) is 0 Å². The first-order valence-corrected chi connectivity index (χ1v) is 10.2. The second-order valence-corrected chi connectivity index (χ2v) is 7.35. The quantitative estimate of drug-likeness (QED) is 0.686.